The van der Waals surface area contributed by atoms with Crippen LogP contribution in [0.25, 0.3) is 31.7 Å². The number of hydrogen-bond acceptors (Lipinski definition) is 6. The number of fused-ring (bicyclic) bond motifs is 2. The lowest BCUT2D eigenvalue weighted by Gasteiger charge is -2.11. The monoisotopic (exact) mass is 458 g/mol. The number of halogens is 1. The van der Waals surface area contributed by atoms with Crippen molar-refractivity contribution < 1.29 is 0 Å². The molecule has 0 fully saturated rings. The first-order valence-electron chi connectivity index (χ1n) is 9.99. The summed E-state index contributed by atoms with van der Waals surface area (Å²) >= 11 is 8.22. The van der Waals surface area contributed by atoms with E-state index in [0.717, 1.165) is 38.2 Å². The first kappa shape index (κ1) is 20.5. The van der Waals surface area contributed by atoms with Crippen LogP contribution in [-0.4, -0.2) is 33.9 Å². The predicted octanol–water partition coefficient (Wildman–Crippen LogP) is 6.17. The molecular formula is C24H19ClN6S. The minimum absolute atomic E-state index is 0.452. The summed E-state index contributed by atoms with van der Waals surface area (Å²) in [4.78, 5) is 16.1. The molecule has 0 atom stereocenters. The van der Waals surface area contributed by atoms with E-state index in [9.17, 15) is 5.26 Å². The maximum Gasteiger partial charge on any atom is 0.138 e. The van der Waals surface area contributed by atoms with Crippen molar-refractivity contribution in [3.05, 3.63) is 71.1 Å². The second-order valence-electron chi connectivity index (χ2n) is 7.78. The van der Waals surface area contributed by atoms with Crippen LogP contribution in [0, 0.1) is 11.3 Å². The number of H-pyrrole nitrogens is 1. The standard InChI is InChI=1S/C24H19ClN6S/c1-31(2)13-14-4-3-5-15(8-14)20-9-18-22(16(10-26)11-29-24(18)32-20)30-19-12-28-23-17(21(19)25)6-7-27-23/h3-9,11-12H,13H2,1-2H3,(H,27,28)(H,29,30). The molecular weight excluding hydrogens is 440 g/mol. The summed E-state index contributed by atoms with van der Waals surface area (Å²) in [6, 6.07) is 14.7. The molecule has 0 bridgehead atoms. The summed E-state index contributed by atoms with van der Waals surface area (Å²) in [7, 11) is 4.12. The Kier molecular flexibility index (Phi) is 5.27. The van der Waals surface area contributed by atoms with Crippen LogP contribution in [0.2, 0.25) is 5.02 Å². The molecule has 0 aliphatic rings. The number of aromatic nitrogens is 3. The second kappa shape index (κ2) is 8.24. The van der Waals surface area contributed by atoms with Crippen molar-refractivity contribution in [1.29, 1.82) is 5.26 Å². The van der Waals surface area contributed by atoms with Gasteiger partial charge in [-0.15, -0.1) is 11.3 Å². The Morgan fingerprint density at radius 1 is 1.16 bits per heavy atom. The van der Waals surface area contributed by atoms with Crippen LogP contribution in [0.15, 0.2) is 55.0 Å². The lowest BCUT2D eigenvalue weighted by Crippen LogP contribution is -2.10. The van der Waals surface area contributed by atoms with Gasteiger partial charge in [-0.2, -0.15) is 5.26 Å². The van der Waals surface area contributed by atoms with Crippen molar-refractivity contribution >= 4 is 55.6 Å². The van der Waals surface area contributed by atoms with Crippen LogP contribution in [0.4, 0.5) is 11.4 Å². The molecule has 0 unspecified atom stereocenters. The van der Waals surface area contributed by atoms with Gasteiger partial charge in [0, 0.05) is 34.6 Å². The van der Waals surface area contributed by atoms with Gasteiger partial charge in [-0.3, -0.25) is 0 Å². The molecule has 0 aliphatic carbocycles. The summed E-state index contributed by atoms with van der Waals surface area (Å²) < 4.78 is 0. The molecule has 8 heteroatoms. The minimum atomic E-state index is 0.452. The number of hydrogen-bond donors (Lipinski definition) is 2. The lowest BCUT2D eigenvalue weighted by molar-refractivity contribution is 0.402. The maximum absolute atomic E-state index is 9.72. The van der Waals surface area contributed by atoms with Crippen LogP contribution in [0.3, 0.4) is 0 Å². The Labute approximate surface area is 194 Å². The number of pyridine rings is 2. The second-order valence-corrected chi connectivity index (χ2v) is 9.19. The third kappa shape index (κ3) is 3.69. The number of nitrogens with zero attached hydrogens (tertiary/aromatic N) is 4. The van der Waals surface area contributed by atoms with Crippen molar-refractivity contribution in [1.82, 2.24) is 19.9 Å². The minimum Gasteiger partial charge on any atom is -0.351 e. The molecule has 2 N–H and O–H groups in total. The first-order chi connectivity index (χ1) is 15.5. The number of aromatic amines is 1. The van der Waals surface area contributed by atoms with Crippen LogP contribution < -0.4 is 5.32 Å². The quantitative estimate of drug-likeness (QED) is 0.329. The van der Waals surface area contributed by atoms with E-state index in [0.29, 0.717) is 22.0 Å². The maximum atomic E-state index is 9.72. The average molecular weight is 459 g/mol. The number of thiophene rings is 1. The highest BCUT2D eigenvalue weighted by Gasteiger charge is 2.16. The molecule has 5 aromatic rings. The van der Waals surface area contributed by atoms with E-state index in [1.807, 2.05) is 6.07 Å². The predicted molar refractivity (Wildman–Crippen MR) is 132 cm³/mol. The van der Waals surface area contributed by atoms with Crippen molar-refractivity contribution in [2.75, 3.05) is 19.4 Å². The van der Waals surface area contributed by atoms with Crippen LogP contribution in [0.1, 0.15) is 11.1 Å². The molecule has 158 valence electrons. The SMILES string of the molecule is CN(C)Cc1cccc(-c2cc3c(Nc4cnc5[nH]ccc5c4Cl)c(C#N)cnc3s2)c1. The van der Waals surface area contributed by atoms with Gasteiger partial charge in [0.2, 0.25) is 0 Å². The first-order valence-corrected chi connectivity index (χ1v) is 11.2. The molecule has 4 heterocycles. The lowest BCUT2D eigenvalue weighted by atomic mass is 10.1. The zero-order chi connectivity index (χ0) is 22.2. The van der Waals surface area contributed by atoms with Gasteiger partial charge in [-0.05, 0) is 43.4 Å². The Morgan fingerprint density at radius 3 is 2.84 bits per heavy atom. The molecule has 0 spiro atoms. The topological polar surface area (TPSA) is 80.6 Å². The zero-order valence-electron chi connectivity index (χ0n) is 17.5. The van der Waals surface area contributed by atoms with Crippen LogP contribution in [-0.2, 0) is 6.54 Å². The molecule has 6 nitrogen and oxygen atoms in total. The molecule has 4 aromatic heterocycles. The van der Waals surface area contributed by atoms with E-state index >= 15 is 0 Å². The van der Waals surface area contributed by atoms with Crippen molar-refractivity contribution in [3.8, 4) is 16.5 Å². The Morgan fingerprint density at radius 2 is 2.03 bits per heavy atom. The molecule has 0 saturated heterocycles. The van der Waals surface area contributed by atoms with Crippen molar-refractivity contribution in [2.24, 2.45) is 0 Å². The molecule has 32 heavy (non-hydrogen) atoms. The fourth-order valence-electron chi connectivity index (χ4n) is 3.74. The fraction of sp³-hybridized carbons (Fsp3) is 0.125. The summed E-state index contributed by atoms with van der Waals surface area (Å²) in [5, 5.41) is 15.3. The zero-order valence-corrected chi connectivity index (χ0v) is 19.1. The number of rotatable bonds is 5. The fourth-order valence-corrected chi connectivity index (χ4v) is 4.99. The van der Waals surface area contributed by atoms with Gasteiger partial charge >= 0.3 is 0 Å². The Balaban J connectivity index is 1.60. The van der Waals surface area contributed by atoms with E-state index in [1.54, 1.807) is 29.9 Å². The molecule has 5 rings (SSSR count). The summed E-state index contributed by atoms with van der Waals surface area (Å²) in [6.07, 6.45) is 5.07. The van der Waals surface area contributed by atoms with Gasteiger partial charge in [-0.1, -0.05) is 29.8 Å². The highest BCUT2D eigenvalue weighted by atomic mass is 35.5. The van der Waals surface area contributed by atoms with E-state index in [2.05, 4.69) is 75.7 Å². The number of benzene rings is 1. The smallest absolute Gasteiger partial charge is 0.138 e. The molecule has 0 amide bonds. The Hall–Kier alpha value is -3.44. The molecule has 0 saturated carbocycles. The highest BCUT2D eigenvalue weighted by Crippen LogP contribution is 2.40. The van der Waals surface area contributed by atoms with E-state index < -0.39 is 0 Å². The van der Waals surface area contributed by atoms with Gasteiger partial charge in [-0.25, -0.2) is 9.97 Å². The summed E-state index contributed by atoms with van der Waals surface area (Å²) in [5.74, 6) is 0. The number of nitriles is 1. The largest absolute Gasteiger partial charge is 0.351 e. The molecule has 0 aliphatic heterocycles. The number of anilines is 2. The summed E-state index contributed by atoms with van der Waals surface area (Å²) in [5.41, 5.74) is 4.87. The molecule has 1 aromatic carbocycles. The van der Waals surface area contributed by atoms with Gasteiger partial charge < -0.3 is 15.2 Å². The van der Waals surface area contributed by atoms with E-state index in [1.165, 1.54) is 5.56 Å². The van der Waals surface area contributed by atoms with Gasteiger partial charge in [0.15, 0.2) is 0 Å². The van der Waals surface area contributed by atoms with Gasteiger partial charge in [0.1, 0.15) is 16.5 Å². The average Bonchev–Trinajstić information content (AvgIpc) is 3.43. The Bertz CT molecular complexity index is 1490. The van der Waals surface area contributed by atoms with E-state index in [-0.39, 0.29) is 0 Å². The van der Waals surface area contributed by atoms with Crippen LogP contribution >= 0.6 is 22.9 Å². The van der Waals surface area contributed by atoms with Gasteiger partial charge in [0.05, 0.1) is 28.2 Å². The number of nitrogens with one attached hydrogen (secondary N) is 2. The van der Waals surface area contributed by atoms with Gasteiger partial charge in [0.25, 0.3) is 0 Å². The van der Waals surface area contributed by atoms with Crippen molar-refractivity contribution in [3.63, 3.8) is 0 Å². The van der Waals surface area contributed by atoms with Crippen LogP contribution in [0.5, 0.6) is 0 Å². The third-order valence-electron chi connectivity index (χ3n) is 5.17. The normalized spacial score (nSPS) is 11.3. The molecule has 0 radical (unpaired) electrons. The third-order valence-corrected chi connectivity index (χ3v) is 6.67. The summed E-state index contributed by atoms with van der Waals surface area (Å²) in [6.45, 7) is 0.871. The van der Waals surface area contributed by atoms with Crippen molar-refractivity contribution in [2.45, 2.75) is 6.54 Å². The van der Waals surface area contributed by atoms with E-state index in [4.69, 9.17) is 11.6 Å². The highest BCUT2D eigenvalue weighted by molar-refractivity contribution is 7.22.